The van der Waals surface area contributed by atoms with Gasteiger partial charge in [-0.15, -0.1) is 0 Å². The number of nitrogens with one attached hydrogen (secondary N) is 1. The first kappa shape index (κ1) is 15.1. The van der Waals surface area contributed by atoms with Gasteiger partial charge in [0, 0.05) is 11.3 Å². The molecule has 0 atom stereocenters. The van der Waals surface area contributed by atoms with Crippen molar-refractivity contribution in [3.8, 4) is 0 Å². The summed E-state index contributed by atoms with van der Waals surface area (Å²) in [4.78, 5) is 11.9. The van der Waals surface area contributed by atoms with Crippen LogP contribution < -0.4 is 5.32 Å². The molecule has 2 aromatic rings. The van der Waals surface area contributed by atoms with Crippen LogP contribution in [0.1, 0.15) is 28.4 Å². The molecule has 0 aromatic heterocycles. The number of alkyl halides is 3. The maximum Gasteiger partial charge on any atom is 0.416 e. The molecule has 110 valence electrons. The van der Waals surface area contributed by atoms with Crippen LogP contribution in [0.25, 0.3) is 0 Å². The summed E-state index contributed by atoms with van der Waals surface area (Å²) in [6.07, 6.45) is -3.50. The SMILES string of the molecule is CCc1ccc(NC(=O)c2ccc(C(F)(F)F)cc2)cc1. The predicted molar refractivity (Wildman–Crippen MR) is 75.2 cm³/mol. The monoisotopic (exact) mass is 293 g/mol. The van der Waals surface area contributed by atoms with Gasteiger partial charge in [-0.05, 0) is 48.4 Å². The van der Waals surface area contributed by atoms with E-state index in [1.165, 1.54) is 12.1 Å². The molecule has 0 saturated heterocycles. The fourth-order valence-corrected chi connectivity index (χ4v) is 1.84. The Kier molecular flexibility index (Phi) is 4.31. The van der Waals surface area contributed by atoms with Gasteiger partial charge in [-0.3, -0.25) is 4.79 Å². The number of benzene rings is 2. The molecule has 2 nitrogen and oxygen atoms in total. The summed E-state index contributed by atoms with van der Waals surface area (Å²) in [5, 5.41) is 2.65. The van der Waals surface area contributed by atoms with Gasteiger partial charge in [0.05, 0.1) is 5.56 Å². The molecule has 0 fully saturated rings. The van der Waals surface area contributed by atoms with Crippen molar-refractivity contribution in [1.29, 1.82) is 0 Å². The average Bonchev–Trinajstić information content (AvgIpc) is 2.47. The summed E-state index contributed by atoms with van der Waals surface area (Å²) in [5.74, 6) is -0.437. The maximum atomic E-state index is 12.4. The molecular weight excluding hydrogens is 279 g/mol. The molecule has 5 heteroatoms. The number of anilines is 1. The highest BCUT2D eigenvalue weighted by Gasteiger charge is 2.30. The van der Waals surface area contributed by atoms with Gasteiger partial charge in [-0.2, -0.15) is 13.2 Å². The van der Waals surface area contributed by atoms with Gasteiger partial charge in [-0.1, -0.05) is 19.1 Å². The number of amides is 1. The minimum absolute atomic E-state index is 0.183. The van der Waals surface area contributed by atoms with Crippen LogP contribution in [0.2, 0.25) is 0 Å². The zero-order chi connectivity index (χ0) is 15.5. The van der Waals surface area contributed by atoms with Crippen LogP contribution in [0.15, 0.2) is 48.5 Å². The second kappa shape index (κ2) is 5.99. The Bertz CT molecular complexity index is 615. The Hall–Kier alpha value is -2.30. The Labute approximate surface area is 120 Å². The summed E-state index contributed by atoms with van der Waals surface area (Å²) in [5.41, 5.74) is 1.16. The zero-order valence-corrected chi connectivity index (χ0v) is 11.4. The third-order valence-corrected chi connectivity index (χ3v) is 3.09. The lowest BCUT2D eigenvalue weighted by molar-refractivity contribution is -0.137. The van der Waals surface area contributed by atoms with Crippen molar-refractivity contribution in [2.75, 3.05) is 5.32 Å². The molecule has 21 heavy (non-hydrogen) atoms. The number of rotatable bonds is 3. The molecule has 2 rings (SSSR count). The normalized spacial score (nSPS) is 11.2. The summed E-state index contributed by atoms with van der Waals surface area (Å²) >= 11 is 0. The lowest BCUT2D eigenvalue weighted by atomic mass is 10.1. The van der Waals surface area contributed by atoms with Crippen molar-refractivity contribution >= 4 is 11.6 Å². The standard InChI is InChI=1S/C16H14F3NO/c1-2-11-3-9-14(10-4-11)20-15(21)12-5-7-13(8-6-12)16(17,18)19/h3-10H,2H2,1H3,(H,20,21). The highest BCUT2D eigenvalue weighted by Crippen LogP contribution is 2.29. The van der Waals surface area contributed by atoms with Gasteiger partial charge in [-0.25, -0.2) is 0 Å². The molecule has 0 aliphatic carbocycles. The highest BCUT2D eigenvalue weighted by molar-refractivity contribution is 6.04. The van der Waals surface area contributed by atoms with E-state index in [1.807, 2.05) is 19.1 Å². The molecule has 2 aromatic carbocycles. The highest BCUT2D eigenvalue weighted by atomic mass is 19.4. The number of carbonyl (C=O) groups excluding carboxylic acids is 1. The van der Waals surface area contributed by atoms with E-state index < -0.39 is 17.6 Å². The molecule has 1 N–H and O–H groups in total. The topological polar surface area (TPSA) is 29.1 Å². The van der Waals surface area contributed by atoms with Gasteiger partial charge < -0.3 is 5.32 Å². The number of halogens is 3. The molecule has 0 aliphatic heterocycles. The molecule has 0 saturated carbocycles. The Morgan fingerprint density at radius 1 is 1.00 bits per heavy atom. The Morgan fingerprint density at radius 3 is 2.05 bits per heavy atom. The molecule has 0 spiro atoms. The van der Waals surface area contributed by atoms with Gasteiger partial charge in [0.2, 0.25) is 0 Å². The predicted octanol–water partition coefficient (Wildman–Crippen LogP) is 4.52. The van der Waals surface area contributed by atoms with E-state index in [2.05, 4.69) is 5.32 Å². The summed E-state index contributed by atoms with van der Waals surface area (Å²) in [6.45, 7) is 2.02. The van der Waals surface area contributed by atoms with E-state index >= 15 is 0 Å². The zero-order valence-electron chi connectivity index (χ0n) is 11.4. The minimum atomic E-state index is -4.40. The van der Waals surface area contributed by atoms with E-state index in [4.69, 9.17) is 0 Å². The number of aryl methyl sites for hydroxylation is 1. The van der Waals surface area contributed by atoms with E-state index in [9.17, 15) is 18.0 Å². The number of hydrogen-bond acceptors (Lipinski definition) is 1. The second-order valence-corrected chi connectivity index (χ2v) is 4.58. The number of carbonyl (C=O) groups is 1. The largest absolute Gasteiger partial charge is 0.416 e. The van der Waals surface area contributed by atoms with Crippen molar-refractivity contribution in [3.05, 3.63) is 65.2 Å². The first-order valence-corrected chi connectivity index (χ1v) is 6.47. The minimum Gasteiger partial charge on any atom is -0.322 e. The molecule has 0 bridgehead atoms. The van der Waals surface area contributed by atoms with Crippen LogP contribution >= 0.6 is 0 Å². The van der Waals surface area contributed by atoms with Gasteiger partial charge in [0.1, 0.15) is 0 Å². The summed E-state index contributed by atoms with van der Waals surface area (Å²) in [6, 6.07) is 11.4. The van der Waals surface area contributed by atoms with Crippen molar-refractivity contribution in [2.24, 2.45) is 0 Å². The van der Waals surface area contributed by atoms with Crippen molar-refractivity contribution in [3.63, 3.8) is 0 Å². The third kappa shape index (κ3) is 3.84. The lowest BCUT2D eigenvalue weighted by Crippen LogP contribution is -2.12. The summed E-state index contributed by atoms with van der Waals surface area (Å²) in [7, 11) is 0. The van der Waals surface area contributed by atoms with Gasteiger partial charge in [0.25, 0.3) is 5.91 Å². The smallest absolute Gasteiger partial charge is 0.322 e. The Balaban J connectivity index is 2.09. The molecule has 0 aliphatic rings. The van der Waals surface area contributed by atoms with E-state index in [0.29, 0.717) is 5.69 Å². The molecular formula is C16H14F3NO. The first-order chi connectivity index (χ1) is 9.90. The van der Waals surface area contributed by atoms with Crippen molar-refractivity contribution < 1.29 is 18.0 Å². The van der Waals surface area contributed by atoms with Gasteiger partial charge in [0.15, 0.2) is 0 Å². The Morgan fingerprint density at radius 2 is 1.57 bits per heavy atom. The lowest BCUT2D eigenvalue weighted by Gasteiger charge is -2.08. The second-order valence-electron chi connectivity index (χ2n) is 4.58. The van der Waals surface area contributed by atoms with Crippen LogP contribution in [0, 0.1) is 0 Å². The van der Waals surface area contributed by atoms with Crippen LogP contribution in [-0.2, 0) is 12.6 Å². The van der Waals surface area contributed by atoms with Crippen LogP contribution in [0.4, 0.5) is 18.9 Å². The fourth-order valence-electron chi connectivity index (χ4n) is 1.84. The van der Waals surface area contributed by atoms with Crippen molar-refractivity contribution in [1.82, 2.24) is 0 Å². The van der Waals surface area contributed by atoms with E-state index in [0.717, 1.165) is 24.1 Å². The van der Waals surface area contributed by atoms with Gasteiger partial charge >= 0.3 is 6.18 Å². The van der Waals surface area contributed by atoms with Crippen molar-refractivity contribution in [2.45, 2.75) is 19.5 Å². The van der Waals surface area contributed by atoms with Crippen LogP contribution in [0.3, 0.4) is 0 Å². The first-order valence-electron chi connectivity index (χ1n) is 6.47. The van der Waals surface area contributed by atoms with E-state index in [1.54, 1.807) is 12.1 Å². The molecule has 1 amide bonds. The van der Waals surface area contributed by atoms with Crippen LogP contribution in [0.5, 0.6) is 0 Å². The molecule has 0 heterocycles. The quantitative estimate of drug-likeness (QED) is 0.885. The molecule has 0 radical (unpaired) electrons. The van der Waals surface area contributed by atoms with Crippen LogP contribution in [-0.4, -0.2) is 5.91 Å². The maximum absolute atomic E-state index is 12.4. The van der Waals surface area contributed by atoms with E-state index in [-0.39, 0.29) is 5.56 Å². The number of hydrogen-bond donors (Lipinski definition) is 1. The molecule has 0 unspecified atom stereocenters. The average molecular weight is 293 g/mol. The summed E-state index contributed by atoms with van der Waals surface area (Å²) < 4.78 is 37.3. The fraction of sp³-hybridized carbons (Fsp3) is 0.188. The third-order valence-electron chi connectivity index (χ3n) is 3.09.